The fourth-order valence-electron chi connectivity index (χ4n) is 2.11. The predicted molar refractivity (Wildman–Crippen MR) is 65.6 cm³/mol. The van der Waals surface area contributed by atoms with E-state index in [-0.39, 0.29) is 6.61 Å². The molecule has 118 valence electrons. The highest BCUT2D eigenvalue weighted by Gasteiger charge is 2.32. The summed E-state index contributed by atoms with van der Waals surface area (Å²) in [7, 11) is 0. The Labute approximate surface area is 119 Å². The Balaban J connectivity index is 1.96. The van der Waals surface area contributed by atoms with E-state index in [0.717, 1.165) is 0 Å². The number of hydrogen-bond donors (Lipinski definition) is 0. The Hall–Kier alpha value is -1.54. The monoisotopic (exact) mass is 307 g/mol. The van der Waals surface area contributed by atoms with Gasteiger partial charge in [0.15, 0.2) is 0 Å². The molecule has 1 fully saturated rings. The lowest BCUT2D eigenvalue weighted by atomic mass is 10.1. The van der Waals surface area contributed by atoms with Crippen LogP contribution in [0.15, 0.2) is 16.5 Å². The highest BCUT2D eigenvalue weighted by molar-refractivity contribution is 5.78. The van der Waals surface area contributed by atoms with Crippen LogP contribution in [0.25, 0.3) is 0 Å². The molecule has 21 heavy (non-hydrogen) atoms. The molecule has 1 aliphatic heterocycles. The number of morpholine rings is 1. The maximum absolute atomic E-state index is 12.0. The summed E-state index contributed by atoms with van der Waals surface area (Å²) in [4.78, 5) is 13.4. The predicted octanol–water partition coefficient (Wildman–Crippen LogP) is 2.07. The van der Waals surface area contributed by atoms with Gasteiger partial charge in [0.05, 0.1) is 13.2 Å². The zero-order valence-electron chi connectivity index (χ0n) is 11.5. The average molecular weight is 307 g/mol. The quantitative estimate of drug-likeness (QED) is 0.854. The van der Waals surface area contributed by atoms with Gasteiger partial charge < -0.3 is 18.8 Å². The summed E-state index contributed by atoms with van der Waals surface area (Å²) in [6.07, 6.45) is -4.44. The van der Waals surface area contributed by atoms with E-state index in [1.165, 1.54) is 4.90 Å². The van der Waals surface area contributed by atoms with Crippen molar-refractivity contribution >= 4 is 5.91 Å². The van der Waals surface area contributed by atoms with Crippen LogP contribution in [0.5, 0.6) is 0 Å². The highest BCUT2D eigenvalue weighted by Crippen LogP contribution is 2.26. The first-order valence-electron chi connectivity index (χ1n) is 6.45. The summed E-state index contributed by atoms with van der Waals surface area (Å²) in [6.45, 7) is 0.590. The molecule has 0 aliphatic carbocycles. The Morgan fingerprint density at radius 3 is 2.86 bits per heavy atom. The number of carbonyl (C=O) groups is 1. The van der Waals surface area contributed by atoms with E-state index in [4.69, 9.17) is 9.15 Å². The number of rotatable bonds is 4. The standard InChI is InChI=1S/C13H16F3NO4/c1-9-2-3-11(21-9)10-6-19-5-4-17(10)12(18)7-20-8-13(14,15)16/h2-3,10H,4-8H2,1H3/t10-/m1/s1. The minimum atomic E-state index is -4.44. The molecule has 0 unspecified atom stereocenters. The molecule has 2 rings (SSSR count). The van der Waals surface area contributed by atoms with E-state index in [9.17, 15) is 18.0 Å². The van der Waals surface area contributed by atoms with Gasteiger partial charge in [-0.2, -0.15) is 13.2 Å². The van der Waals surface area contributed by atoms with E-state index < -0.39 is 31.3 Å². The van der Waals surface area contributed by atoms with Crippen molar-refractivity contribution in [1.82, 2.24) is 4.90 Å². The van der Waals surface area contributed by atoms with Crippen LogP contribution in [-0.4, -0.2) is 50.0 Å². The molecule has 1 amide bonds. The Morgan fingerprint density at radius 2 is 2.24 bits per heavy atom. The molecule has 1 aromatic rings. The van der Waals surface area contributed by atoms with E-state index in [2.05, 4.69) is 4.74 Å². The molecular formula is C13H16F3NO4. The van der Waals surface area contributed by atoms with Gasteiger partial charge >= 0.3 is 6.18 Å². The lowest BCUT2D eigenvalue weighted by molar-refractivity contribution is -0.180. The summed E-state index contributed by atoms with van der Waals surface area (Å²) in [6, 6.07) is 3.05. The van der Waals surface area contributed by atoms with Crippen LogP contribution in [0, 0.1) is 6.92 Å². The molecule has 1 atom stereocenters. The molecule has 5 nitrogen and oxygen atoms in total. The van der Waals surface area contributed by atoms with Crippen LogP contribution in [0.3, 0.4) is 0 Å². The van der Waals surface area contributed by atoms with Crippen molar-refractivity contribution in [2.75, 3.05) is 33.0 Å². The van der Waals surface area contributed by atoms with E-state index in [0.29, 0.717) is 24.7 Å². The number of halogens is 3. The maximum atomic E-state index is 12.0. The van der Waals surface area contributed by atoms with Gasteiger partial charge in [-0.1, -0.05) is 0 Å². The second-order valence-electron chi connectivity index (χ2n) is 4.73. The third-order valence-corrected chi connectivity index (χ3v) is 3.03. The van der Waals surface area contributed by atoms with Crippen LogP contribution in [0.4, 0.5) is 13.2 Å². The van der Waals surface area contributed by atoms with Crippen molar-refractivity contribution in [1.29, 1.82) is 0 Å². The molecule has 0 N–H and O–H groups in total. The topological polar surface area (TPSA) is 51.9 Å². The normalized spacial score (nSPS) is 19.8. The molecule has 0 radical (unpaired) electrons. The molecule has 0 saturated carbocycles. The molecule has 1 aromatic heterocycles. The lowest BCUT2D eigenvalue weighted by Gasteiger charge is -2.34. The molecule has 1 aliphatic rings. The van der Waals surface area contributed by atoms with Crippen LogP contribution in [0.1, 0.15) is 17.6 Å². The fraction of sp³-hybridized carbons (Fsp3) is 0.615. The van der Waals surface area contributed by atoms with Crippen LogP contribution in [0.2, 0.25) is 0 Å². The van der Waals surface area contributed by atoms with Crippen molar-refractivity contribution in [3.05, 3.63) is 23.7 Å². The zero-order valence-corrected chi connectivity index (χ0v) is 11.5. The highest BCUT2D eigenvalue weighted by atomic mass is 19.4. The summed E-state index contributed by atoms with van der Waals surface area (Å²) >= 11 is 0. The fourth-order valence-corrected chi connectivity index (χ4v) is 2.11. The summed E-state index contributed by atoms with van der Waals surface area (Å²) in [5.41, 5.74) is 0. The van der Waals surface area contributed by atoms with Crippen molar-refractivity contribution in [2.24, 2.45) is 0 Å². The van der Waals surface area contributed by atoms with Gasteiger partial charge in [-0.05, 0) is 19.1 Å². The lowest BCUT2D eigenvalue weighted by Crippen LogP contribution is -2.45. The number of hydrogen-bond acceptors (Lipinski definition) is 4. The van der Waals surface area contributed by atoms with Gasteiger partial charge in [0.1, 0.15) is 30.8 Å². The summed E-state index contributed by atoms with van der Waals surface area (Å²) < 4.78 is 51.2. The number of nitrogens with zero attached hydrogens (tertiary/aromatic N) is 1. The van der Waals surface area contributed by atoms with E-state index >= 15 is 0 Å². The van der Waals surface area contributed by atoms with Crippen LogP contribution < -0.4 is 0 Å². The SMILES string of the molecule is Cc1ccc([C@H]2COCCN2C(=O)COCC(F)(F)F)o1. The second kappa shape index (κ2) is 6.48. The third kappa shape index (κ3) is 4.47. The van der Waals surface area contributed by atoms with E-state index in [1.54, 1.807) is 19.1 Å². The molecule has 0 spiro atoms. The Kier molecular flexibility index (Phi) is 4.89. The molecule has 0 bridgehead atoms. The number of carbonyl (C=O) groups excluding carboxylic acids is 1. The number of furan rings is 1. The van der Waals surface area contributed by atoms with Crippen molar-refractivity contribution < 1.29 is 31.9 Å². The molecular weight excluding hydrogens is 291 g/mol. The zero-order chi connectivity index (χ0) is 15.5. The smallest absolute Gasteiger partial charge is 0.411 e. The number of alkyl halides is 3. The van der Waals surface area contributed by atoms with Crippen LogP contribution >= 0.6 is 0 Å². The van der Waals surface area contributed by atoms with Crippen LogP contribution in [-0.2, 0) is 14.3 Å². The van der Waals surface area contributed by atoms with Gasteiger partial charge in [0, 0.05) is 6.54 Å². The largest absolute Gasteiger partial charge is 0.464 e. The molecule has 0 aromatic carbocycles. The van der Waals surface area contributed by atoms with E-state index in [1.807, 2.05) is 0 Å². The Morgan fingerprint density at radius 1 is 1.48 bits per heavy atom. The third-order valence-electron chi connectivity index (χ3n) is 3.03. The van der Waals surface area contributed by atoms with Crippen molar-refractivity contribution in [2.45, 2.75) is 19.1 Å². The Bertz CT molecular complexity index is 486. The minimum absolute atomic E-state index is 0.248. The number of aryl methyl sites for hydroxylation is 1. The van der Waals surface area contributed by atoms with Gasteiger partial charge in [-0.25, -0.2) is 0 Å². The number of amides is 1. The van der Waals surface area contributed by atoms with Gasteiger partial charge in [-0.3, -0.25) is 4.79 Å². The minimum Gasteiger partial charge on any atom is -0.464 e. The second-order valence-corrected chi connectivity index (χ2v) is 4.73. The first kappa shape index (κ1) is 15.8. The average Bonchev–Trinajstić information content (AvgIpc) is 2.84. The molecule has 8 heteroatoms. The first-order chi connectivity index (χ1) is 9.87. The molecule has 2 heterocycles. The van der Waals surface area contributed by atoms with Crippen molar-refractivity contribution in [3.63, 3.8) is 0 Å². The van der Waals surface area contributed by atoms with Gasteiger partial charge in [0.2, 0.25) is 5.91 Å². The summed E-state index contributed by atoms with van der Waals surface area (Å²) in [5.74, 6) is 0.731. The van der Waals surface area contributed by atoms with Gasteiger partial charge in [0.25, 0.3) is 0 Å². The first-order valence-corrected chi connectivity index (χ1v) is 6.45. The van der Waals surface area contributed by atoms with Crippen molar-refractivity contribution in [3.8, 4) is 0 Å². The maximum Gasteiger partial charge on any atom is 0.411 e. The van der Waals surface area contributed by atoms with Gasteiger partial charge in [-0.15, -0.1) is 0 Å². The summed E-state index contributed by atoms with van der Waals surface area (Å²) in [5, 5.41) is 0. The number of ether oxygens (including phenoxy) is 2. The molecule has 1 saturated heterocycles.